The summed E-state index contributed by atoms with van der Waals surface area (Å²) >= 11 is 0. The molecule has 2 aromatic carbocycles. The van der Waals surface area contributed by atoms with Crippen molar-refractivity contribution in [3.8, 4) is 0 Å². The number of carboxylic acid groups (broad SMARTS) is 1. The summed E-state index contributed by atoms with van der Waals surface area (Å²) in [6.07, 6.45) is 0. The van der Waals surface area contributed by atoms with Crippen LogP contribution in [0, 0.1) is 13.8 Å². The molecule has 0 saturated carbocycles. The van der Waals surface area contributed by atoms with Gasteiger partial charge in [-0.15, -0.1) is 0 Å². The molecule has 1 N–H and O–H groups in total. The fraction of sp³-hybridized carbons (Fsp3) is 0.188. The van der Waals surface area contributed by atoms with E-state index in [1.807, 2.05) is 32.0 Å². The van der Waals surface area contributed by atoms with Crippen LogP contribution in [-0.2, 0) is 15.6 Å². The van der Waals surface area contributed by atoms with Crippen molar-refractivity contribution in [2.45, 2.75) is 24.5 Å². The van der Waals surface area contributed by atoms with Crippen LogP contribution in [0.5, 0.6) is 0 Å². The summed E-state index contributed by atoms with van der Waals surface area (Å²) < 4.78 is 24.9. The minimum Gasteiger partial charge on any atom is -0.478 e. The van der Waals surface area contributed by atoms with Gasteiger partial charge in [0.15, 0.2) is 9.84 Å². The highest BCUT2D eigenvalue weighted by molar-refractivity contribution is 7.90. The zero-order valence-corrected chi connectivity index (χ0v) is 12.6. The lowest BCUT2D eigenvalue weighted by Crippen LogP contribution is -2.08. The smallest absolute Gasteiger partial charge is 0.335 e. The van der Waals surface area contributed by atoms with Crippen LogP contribution in [-0.4, -0.2) is 19.5 Å². The van der Waals surface area contributed by atoms with Crippen molar-refractivity contribution in [1.82, 2.24) is 0 Å². The van der Waals surface area contributed by atoms with Crippen molar-refractivity contribution < 1.29 is 18.3 Å². The maximum atomic E-state index is 12.4. The van der Waals surface area contributed by atoms with Gasteiger partial charge >= 0.3 is 5.97 Å². The van der Waals surface area contributed by atoms with Gasteiger partial charge in [0.2, 0.25) is 0 Å². The zero-order valence-electron chi connectivity index (χ0n) is 11.8. The summed E-state index contributed by atoms with van der Waals surface area (Å²) in [5.74, 6) is -1.16. The molecule has 0 heterocycles. The normalized spacial score (nSPS) is 11.3. The van der Waals surface area contributed by atoms with E-state index in [-0.39, 0.29) is 16.2 Å². The molecule has 4 nitrogen and oxygen atoms in total. The van der Waals surface area contributed by atoms with Gasteiger partial charge in [-0.25, -0.2) is 13.2 Å². The highest BCUT2D eigenvalue weighted by Gasteiger charge is 2.18. The van der Waals surface area contributed by atoms with E-state index in [0.717, 1.165) is 16.7 Å². The Labute approximate surface area is 124 Å². The molecule has 0 aliphatic rings. The average Bonchev–Trinajstić information content (AvgIpc) is 2.43. The van der Waals surface area contributed by atoms with Gasteiger partial charge in [-0.05, 0) is 54.8 Å². The van der Waals surface area contributed by atoms with Crippen LogP contribution in [0.1, 0.15) is 27.0 Å². The quantitative estimate of drug-likeness (QED) is 0.942. The Bertz CT molecular complexity index is 754. The topological polar surface area (TPSA) is 71.4 Å². The number of carboxylic acids is 1. The first kappa shape index (κ1) is 15.3. The third kappa shape index (κ3) is 3.31. The Morgan fingerprint density at radius 2 is 1.52 bits per heavy atom. The van der Waals surface area contributed by atoms with E-state index in [4.69, 9.17) is 5.11 Å². The van der Waals surface area contributed by atoms with E-state index < -0.39 is 15.8 Å². The standard InChI is InChI=1S/C16H16O4S/c1-11-4-3-5-12(2)15(11)10-21(19,20)14-8-6-13(7-9-14)16(17)18/h3-9H,10H2,1-2H3,(H,17,18). The molecule has 0 fully saturated rings. The monoisotopic (exact) mass is 304 g/mol. The highest BCUT2D eigenvalue weighted by atomic mass is 32.2. The second kappa shape index (κ2) is 5.69. The summed E-state index contributed by atoms with van der Waals surface area (Å²) in [5, 5.41) is 8.84. The number of carbonyl (C=O) groups is 1. The Hall–Kier alpha value is -2.14. The minimum absolute atomic E-state index is 0.0704. The molecule has 0 aliphatic carbocycles. The molecule has 0 amide bonds. The number of hydrogen-bond acceptors (Lipinski definition) is 3. The van der Waals surface area contributed by atoms with Crippen LogP contribution in [0.15, 0.2) is 47.4 Å². The van der Waals surface area contributed by atoms with E-state index in [9.17, 15) is 13.2 Å². The van der Waals surface area contributed by atoms with Crippen molar-refractivity contribution in [2.24, 2.45) is 0 Å². The third-order valence-electron chi connectivity index (χ3n) is 3.44. The summed E-state index contributed by atoms with van der Waals surface area (Å²) in [5.41, 5.74) is 2.72. The predicted molar refractivity (Wildman–Crippen MR) is 80.2 cm³/mol. The Morgan fingerprint density at radius 3 is 2.00 bits per heavy atom. The second-order valence-corrected chi connectivity index (χ2v) is 6.95. The SMILES string of the molecule is Cc1cccc(C)c1CS(=O)(=O)c1ccc(C(=O)O)cc1. The Kier molecular flexibility index (Phi) is 4.14. The molecule has 0 aliphatic heterocycles. The largest absolute Gasteiger partial charge is 0.478 e. The minimum atomic E-state index is -3.49. The molecule has 2 rings (SSSR count). The molecule has 2 aromatic rings. The van der Waals surface area contributed by atoms with Crippen molar-refractivity contribution in [1.29, 1.82) is 0 Å². The number of sulfone groups is 1. The van der Waals surface area contributed by atoms with E-state index in [0.29, 0.717) is 0 Å². The molecule has 0 unspecified atom stereocenters. The van der Waals surface area contributed by atoms with E-state index in [2.05, 4.69) is 0 Å². The first-order valence-corrected chi connectivity index (χ1v) is 8.08. The van der Waals surface area contributed by atoms with Crippen molar-refractivity contribution >= 4 is 15.8 Å². The summed E-state index contributed by atoms with van der Waals surface area (Å²) in [6, 6.07) is 10.9. The molecule has 0 radical (unpaired) electrons. The van der Waals surface area contributed by atoms with Crippen LogP contribution in [0.4, 0.5) is 0 Å². The molecular formula is C16H16O4S. The Morgan fingerprint density at radius 1 is 1.00 bits per heavy atom. The molecule has 0 atom stereocenters. The third-order valence-corrected chi connectivity index (χ3v) is 5.10. The molecule has 110 valence electrons. The molecular weight excluding hydrogens is 288 g/mol. The van der Waals surface area contributed by atoms with Gasteiger partial charge in [-0.2, -0.15) is 0 Å². The van der Waals surface area contributed by atoms with E-state index in [1.165, 1.54) is 24.3 Å². The van der Waals surface area contributed by atoms with Crippen molar-refractivity contribution in [3.63, 3.8) is 0 Å². The first-order valence-electron chi connectivity index (χ1n) is 6.42. The summed E-state index contributed by atoms with van der Waals surface area (Å²) in [4.78, 5) is 10.9. The lowest BCUT2D eigenvalue weighted by atomic mass is 10.1. The number of benzene rings is 2. The zero-order chi connectivity index (χ0) is 15.6. The van der Waals surface area contributed by atoms with Crippen LogP contribution in [0.2, 0.25) is 0 Å². The first-order chi connectivity index (χ1) is 9.81. The summed E-state index contributed by atoms with van der Waals surface area (Å²) in [6.45, 7) is 3.76. The average molecular weight is 304 g/mol. The van der Waals surface area contributed by atoms with Crippen LogP contribution in [0.25, 0.3) is 0 Å². The molecule has 5 heteroatoms. The second-order valence-electron chi connectivity index (χ2n) is 4.96. The molecule has 0 aromatic heterocycles. The van der Waals surface area contributed by atoms with Crippen LogP contribution in [0.3, 0.4) is 0 Å². The fourth-order valence-corrected chi connectivity index (χ4v) is 3.71. The Balaban J connectivity index is 2.36. The lowest BCUT2D eigenvalue weighted by Gasteiger charge is -2.10. The van der Waals surface area contributed by atoms with Gasteiger partial charge in [0.25, 0.3) is 0 Å². The van der Waals surface area contributed by atoms with Gasteiger partial charge < -0.3 is 5.11 Å². The maximum absolute atomic E-state index is 12.4. The van der Waals surface area contributed by atoms with Gasteiger partial charge in [0, 0.05) is 0 Å². The van der Waals surface area contributed by atoms with Crippen LogP contribution >= 0.6 is 0 Å². The van der Waals surface area contributed by atoms with E-state index >= 15 is 0 Å². The molecule has 0 bridgehead atoms. The van der Waals surface area contributed by atoms with Gasteiger partial charge in [-0.1, -0.05) is 18.2 Å². The van der Waals surface area contributed by atoms with Gasteiger partial charge in [0.1, 0.15) is 0 Å². The predicted octanol–water partition coefficient (Wildman–Crippen LogP) is 2.98. The molecule has 0 spiro atoms. The molecule has 0 saturated heterocycles. The molecule has 21 heavy (non-hydrogen) atoms. The fourth-order valence-electron chi connectivity index (χ4n) is 2.15. The lowest BCUT2D eigenvalue weighted by molar-refractivity contribution is 0.0696. The van der Waals surface area contributed by atoms with Gasteiger partial charge in [-0.3, -0.25) is 0 Å². The van der Waals surface area contributed by atoms with Crippen molar-refractivity contribution in [3.05, 3.63) is 64.7 Å². The summed E-state index contributed by atoms with van der Waals surface area (Å²) in [7, 11) is -3.49. The number of aryl methyl sites for hydroxylation is 2. The van der Waals surface area contributed by atoms with E-state index in [1.54, 1.807) is 0 Å². The maximum Gasteiger partial charge on any atom is 0.335 e. The number of aromatic carboxylic acids is 1. The van der Waals surface area contributed by atoms with Gasteiger partial charge in [0.05, 0.1) is 16.2 Å². The number of hydrogen-bond donors (Lipinski definition) is 1. The number of rotatable bonds is 4. The highest BCUT2D eigenvalue weighted by Crippen LogP contribution is 2.21. The van der Waals surface area contributed by atoms with Crippen LogP contribution < -0.4 is 0 Å². The van der Waals surface area contributed by atoms with Crippen molar-refractivity contribution in [2.75, 3.05) is 0 Å².